The van der Waals surface area contributed by atoms with Crippen LogP contribution >= 0.6 is 11.8 Å². The standard InChI is InChI=1S/C17H19NOS/c1-11-15(7-4-12-3-2-8-18-16(11)12)17(19)9-13-5-6-14(10-17)20-13/h2-4,7-8,13-14,19H,5-6,9-10H2,1H3. The van der Waals surface area contributed by atoms with Gasteiger partial charge in [-0.1, -0.05) is 18.2 Å². The molecule has 0 aliphatic carbocycles. The molecular formula is C17H19NOS. The van der Waals surface area contributed by atoms with E-state index in [0.29, 0.717) is 10.5 Å². The first-order chi connectivity index (χ1) is 9.66. The molecule has 4 rings (SSSR count). The van der Waals surface area contributed by atoms with Gasteiger partial charge in [0.25, 0.3) is 0 Å². The van der Waals surface area contributed by atoms with Gasteiger partial charge < -0.3 is 5.11 Å². The van der Waals surface area contributed by atoms with Crippen molar-refractivity contribution in [1.29, 1.82) is 0 Å². The molecule has 2 nitrogen and oxygen atoms in total. The van der Waals surface area contributed by atoms with Crippen LogP contribution in [0.15, 0.2) is 30.5 Å². The molecule has 0 radical (unpaired) electrons. The molecule has 20 heavy (non-hydrogen) atoms. The van der Waals surface area contributed by atoms with Crippen LogP contribution in [0.4, 0.5) is 0 Å². The summed E-state index contributed by atoms with van der Waals surface area (Å²) in [5.74, 6) is 0. The summed E-state index contributed by atoms with van der Waals surface area (Å²) in [4.78, 5) is 4.50. The molecule has 2 atom stereocenters. The maximum atomic E-state index is 11.2. The van der Waals surface area contributed by atoms with E-state index in [1.807, 2.05) is 12.3 Å². The van der Waals surface area contributed by atoms with Crippen LogP contribution in [0.2, 0.25) is 0 Å². The minimum atomic E-state index is -0.646. The summed E-state index contributed by atoms with van der Waals surface area (Å²) >= 11 is 2.08. The van der Waals surface area contributed by atoms with Gasteiger partial charge in [-0.25, -0.2) is 0 Å². The third-order valence-corrected chi connectivity index (χ3v) is 6.43. The Labute approximate surface area is 123 Å². The summed E-state index contributed by atoms with van der Waals surface area (Å²) in [7, 11) is 0. The van der Waals surface area contributed by atoms with E-state index < -0.39 is 5.60 Å². The summed E-state index contributed by atoms with van der Waals surface area (Å²) in [6.45, 7) is 2.10. The summed E-state index contributed by atoms with van der Waals surface area (Å²) in [5.41, 5.74) is 2.63. The fourth-order valence-corrected chi connectivity index (χ4v) is 5.76. The first-order valence-electron chi connectivity index (χ1n) is 7.38. The number of fused-ring (bicyclic) bond motifs is 3. The number of rotatable bonds is 1. The predicted molar refractivity (Wildman–Crippen MR) is 84.0 cm³/mol. The van der Waals surface area contributed by atoms with Crippen molar-refractivity contribution < 1.29 is 5.11 Å². The zero-order valence-corrected chi connectivity index (χ0v) is 12.5. The topological polar surface area (TPSA) is 33.1 Å². The van der Waals surface area contributed by atoms with Gasteiger partial charge in [-0.2, -0.15) is 11.8 Å². The lowest BCUT2D eigenvalue weighted by Crippen LogP contribution is -2.35. The van der Waals surface area contributed by atoms with Crippen LogP contribution in [0.3, 0.4) is 0 Å². The van der Waals surface area contributed by atoms with Gasteiger partial charge in [0.05, 0.1) is 11.1 Å². The molecule has 2 aliphatic heterocycles. The van der Waals surface area contributed by atoms with Gasteiger partial charge in [0.1, 0.15) is 0 Å². The number of hydrogen-bond acceptors (Lipinski definition) is 3. The third-order valence-electron chi connectivity index (χ3n) is 4.86. The largest absolute Gasteiger partial charge is 0.385 e. The Balaban J connectivity index is 1.83. The summed E-state index contributed by atoms with van der Waals surface area (Å²) in [6.07, 6.45) is 6.16. The van der Waals surface area contributed by atoms with E-state index in [-0.39, 0.29) is 0 Å². The molecule has 1 aromatic carbocycles. The highest BCUT2D eigenvalue weighted by atomic mass is 32.2. The molecule has 3 heterocycles. The van der Waals surface area contributed by atoms with Crippen molar-refractivity contribution in [2.75, 3.05) is 0 Å². The molecule has 0 saturated carbocycles. The van der Waals surface area contributed by atoms with E-state index in [1.165, 1.54) is 12.8 Å². The van der Waals surface area contributed by atoms with Crippen molar-refractivity contribution >= 4 is 22.7 Å². The second-order valence-electron chi connectivity index (χ2n) is 6.21. The van der Waals surface area contributed by atoms with E-state index in [2.05, 4.69) is 41.9 Å². The van der Waals surface area contributed by atoms with Crippen molar-refractivity contribution in [3.8, 4) is 0 Å². The highest BCUT2D eigenvalue weighted by Gasteiger charge is 2.44. The Bertz CT molecular complexity index is 657. The van der Waals surface area contributed by atoms with Gasteiger partial charge in [-0.3, -0.25) is 4.98 Å². The van der Waals surface area contributed by atoms with E-state index in [1.54, 1.807) is 0 Å². The highest BCUT2D eigenvalue weighted by Crippen LogP contribution is 2.51. The van der Waals surface area contributed by atoms with E-state index in [9.17, 15) is 5.11 Å². The van der Waals surface area contributed by atoms with Crippen molar-refractivity contribution in [1.82, 2.24) is 4.98 Å². The van der Waals surface area contributed by atoms with Crippen LogP contribution in [0.25, 0.3) is 10.9 Å². The Kier molecular flexibility index (Phi) is 2.83. The molecule has 104 valence electrons. The van der Waals surface area contributed by atoms with Crippen LogP contribution in [0, 0.1) is 6.92 Å². The zero-order valence-electron chi connectivity index (χ0n) is 11.7. The fraction of sp³-hybridized carbons (Fsp3) is 0.471. The monoisotopic (exact) mass is 285 g/mol. The smallest absolute Gasteiger partial charge is 0.0921 e. The van der Waals surface area contributed by atoms with Gasteiger partial charge in [0, 0.05) is 22.1 Å². The minimum Gasteiger partial charge on any atom is -0.385 e. The zero-order chi connectivity index (χ0) is 13.7. The van der Waals surface area contributed by atoms with Crippen molar-refractivity contribution in [3.05, 3.63) is 41.6 Å². The quantitative estimate of drug-likeness (QED) is 0.865. The Hall–Kier alpha value is -1.06. The molecule has 0 amide bonds. The molecule has 2 fully saturated rings. The highest BCUT2D eigenvalue weighted by molar-refractivity contribution is 8.00. The first-order valence-corrected chi connectivity index (χ1v) is 8.33. The Morgan fingerprint density at radius 2 is 1.95 bits per heavy atom. The normalized spacial score (nSPS) is 32.7. The Morgan fingerprint density at radius 1 is 1.20 bits per heavy atom. The average Bonchev–Trinajstić information content (AvgIpc) is 2.79. The molecule has 3 heteroatoms. The first kappa shape index (κ1) is 12.7. The molecule has 1 N–H and O–H groups in total. The second-order valence-corrected chi connectivity index (χ2v) is 7.82. The number of aromatic nitrogens is 1. The summed E-state index contributed by atoms with van der Waals surface area (Å²) in [6, 6.07) is 8.28. The van der Waals surface area contributed by atoms with Crippen LogP contribution < -0.4 is 0 Å². The van der Waals surface area contributed by atoms with Gasteiger partial charge in [-0.05, 0) is 49.8 Å². The lowest BCUT2D eigenvalue weighted by Gasteiger charge is -2.37. The van der Waals surface area contributed by atoms with Gasteiger partial charge >= 0.3 is 0 Å². The van der Waals surface area contributed by atoms with E-state index in [4.69, 9.17) is 0 Å². The van der Waals surface area contributed by atoms with Crippen LogP contribution in [0.1, 0.15) is 36.8 Å². The molecule has 2 saturated heterocycles. The molecule has 0 spiro atoms. The number of thioether (sulfide) groups is 1. The summed E-state index contributed by atoms with van der Waals surface area (Å²) in [5, 5.41) is 13.7. The molecule has 2 unspecified atom stereocenters. The maximum absolute atomic E-state index is 11.2. The lowest BCUT2D eigenvalue weighted by molar-refractivity contribution is 0.0192. The van der Waals surface area contributed by atoms with Crippen LogP contribution in [0.5, 0.6) is 0 Å². The van der Waals surface area contributed by atoms with Gasteiger partial charge in [-0.15, -0.1) is 0 Å². The fourth-order valence-electron chi connectivity index (χ4n) is 3.93. The maximum Gasteiger partial charge on any atom is 0.0921 e. The van der Waals surface area contributed by atoms with Crippen molar-refractivity contribution in [3.63, 3.8) is 0 Å². The lowest BCUT2D eigenvalue weighted by atomic mass is 9.82. The van der Waals surface area contributed by atoms with E-state index >= 15 is 0 Å². The number of aliphatic hydroxyl groups is 1. The van der Waals surface area contributed by atoms with Crippen LogP contribution in [-0.2, 0) is 5.60 Å². The van der Waals surface area contributed by atoms with Crippen LogP contribution in [-0.4, -0.2) is 20.6 Å². The second kappa shape index (κ2) is 4.47. The number of hydrogen-bond donors (Lipinski definition) is 1. The molecule has 2 aliphatic rings. The number of benzene rings is 1. The van der Waals surface area contributed by atoms with Gasteiger partial charge in [0.15, 0.2) is 0 Å². The predicted octanol–water partition coefficient (Wildman–Crippen LogP) is 3.79. The molecule has 2 bridgehead atoms. The van der Waals surface area contributed by atoms with Crippen molar-refractivity contribution in [2.24, 2.45) is 0 Å². The van der Waals surface area contributed by atoms with Gasteiger partial charge in [0.2, 0.25) is 0 Å². The number of nitrogens with zero attached hydrogens (tertiary/aromatic N) is 1. The molecule has 1 aromatic heterocycles. The third kappa shape index (κ3) is 1.87. The number of aryl methyl sites for hydroxylation is 1. The van der Waals surface area contributed by atoms with E-state index in [0.717, 1.165) is 34.9 Å². The van der Waals surface area contributed by atoms with Crippen molar-refractivity contribution in [2.45, 2.75) is 48.7 Å². The minimum absolute atomic E-state index is 0.637. The molecule has 2 aromatic rings. The Morgan fingerprint density at radius 3 is 2.70 bits per heavy atom. The molecular weight excluding hydrogens is 266 g/mol. The average molecular weight is 285 g/mol. The SMILES string of the molecule is Cc1c(C2(O)CC3CCC(C2)S3)ccc2cccnc12. The summed E-state index contributed by atoms with van der Waals surface area (Å²) < 4.78 is 0. The number of pyridine rings is 1.